The lowest BCUT2D eigenvalue weighted by Gasteiger charge is -2.19. The van der Waals surface area contributed by atoms with Crippen LogP contribution in [0.1, 0.15) is 26.3 Å². The van der Waals surface area contributed by atoms with E-state index in [4.69, 9.17) is 4.74 Å². The van der Waals surface area contributed by atoms with E-state index in [1.54, 1.807) is 6.33 Å². The third-order valence-corrected chi connectivity index (χ3v) is 2.63. The van der Waals surface area contributed by atoms with Gasteiger partial charge in [0.2, 0.25) is 0 Å². The average molecular weight is 261 g/mol. The first kappa shape index (κ1) is 13.4. The molecule has 0 bridgehead atoms. The molecule has 102 valence electrons. The minimum atomic E-state index is -0.477. The lowest BCUT2D eigenvalue weighted by atomic mass is 10.2. The lowest BCUT2D eigenvalue weighted by molar-refractivity contribution is 0.0523. The van der Waals surface area contributed by atoms with Gasteiger partial charge in [-0.1, -0.05) is 6.07 Å². The van der Waals surface area contributed by atoms with Gasteiger partial charge in [-0.05, 0) is 38.5 Å². The van der Waals surface area contributed by atoms with Crippen LogP contribution in [0.2, 0.25) is 0 Å². The summed E-state index contributed by atoms with van der Waals surface area (Å²) in [6.07, 6.45) is 1.36. The number of hydrogen-bond acceptors (Lipinski definition) is 3. The molecule has 0 aliphatic heterocycles. The summed E-state index contributed by atoms with van der Waals surface area (Å²) in [5.41, 5.74) is 2.51. The Morgan fingerprint density at radius 2 is 2.16 bits per heavy atom. The molecule has 5 heteroatoms. The van der Waals surface area contributed by atoms with Gasteiger partial charge < -0.3 is 14.6 Å². The number of amides is 1. The molecule has 0 saturated carbocycles. The topological polar surface area (TPSA) is 56.2 Å². The van der Waals surface area contributed by atoms with Crippen molar-refractivity contribution in [3.8, 4) is 0 Å². The number of ether oxygens (including phenoxy) is 1. The number of carbonyl (C=O) groups is 1. The molecule has 0 unspecified atom stereocenters. The normalized spacial score (nSPS) is 11.6. The zero-order valence-electron chi connectivity index (χ0n) is 11.7. The molecule has 2 rings (SSSR count). The number of alkyl carbamates (subject to hydrolysis) is 1. The first-order valence-corrected chi connectivity index (χ1v) is 6.22. The van der Waals surface area contributed by atoms with Crippen LogP contribution in [0, 0.1) is 0 Å². The van der Waals surface area contributed by atoms with Crippen molar-refractivity contribution in [3.63, 3.8) is 0 Å². The second-order valence-corrected chi connectivity index (χ2v) is 5.53. The fourth-order valence-electron chi connectivity index (χ4n) is 1.78. The molecule has 0 fully saturated rings. The highest BCUT2D eigenvalue weighted by atomic mass is 16.6. The first-order chi connectivity index (χ1) is 8.85. The molecule has 5 nitrogen and oxygen atoms in total. The number of nitrogens with one attached hydrogen (secondary N) is 1. The van der Waals surface area contributed by atoms with Gasteiger partial charge in [0.15, 0.2) is 0 Å². The van der Waals surface area contributed by atoms with Gasteiger partial charge >= 0.3 is 6.09 Å². The number of rotatable bonds is 2. The fourth-order valence-corrected chi connectivity index (χ4v) is 1.78. The van der Waals surface area contributed by atoms with Crippen molar-refractivity contribution in [3.05, 3.63) is 30.1 Å². The Balaban J connectivity index is 2.00. The molecule has 1 aromatic carbocycles. The maximum atomic E-state index is 11.5. The summed E-state index contributed by atoms with van der Waals surface area (Å²) in [5, 5.41) is 2.73. The third kappa shape index (κ3) is 3.47. The van der Waals surface area contributed by atoms with Crippen molar-refractivity contribution in [2.45, 2.75) is 32.9 Å². The number of imidazole rings is 1. The number of carbonyl (C=O) groups excluding carboxylic acids is 1. The maximum Gasteiger partial charge on any atom is 0.407 e. The summed E-state index contributed by atoms with van der Waals surface area (Å²) >= 11 is 0. The SMILES string of the molecule is Cn1cnc2cc(CNC(=O)OC(C)(C)C)ccc21. The van der Waals surface area contributed by atoms with Crippen LogP contribution in [0.3, 0.4) is 0 Å². The van der Waals surface area contributed by atoms with Gasteiger partial charge in [-0.2, -0.15) is 0 Å². The molecule has 0 aliphatic rings. The summed E-state index contributed by atoms with van der Waals surface area (Å²) in [5.74, 6) is 0. The molecule has 19 heavy (non-hydrogen) atoms. The van der Waals surface area contributed by atoms with E-state index < -0.39 is 11.7 Å². The summed E-state index contributed by atoms with van der Waals surface area (Å²) in [7, 11) is 1.95. The molecule has 1 heterocycles. The number of fused-ring (bicyclic) bond motifs is 1. The molecule has 1 aromatic heterocycles. The van der Waals surface area contributed by atoms with Gasteiger partial charge in [-0.3, -0.25) is 0 Å². The van der Waals surface area contributed by atoms with Crippen molar-refractivity contribution in [2.24, 2.45) is 7.05 Å². The van der Waals surface area contributed by atoms with Crippen LogP contribution in [0.15, 0.2) is 24.5 Å². The van der Waals surface area contributed by atoms with Gasteiger partial charge in [0.1, 0.15) is 5.60 Å². The van der Waals surface area contributed by atoms with Crippen molar-refractivity contribution >= 4 is 17.1 Å². The van der Waals surface area contributed by atoms with E-state index in [1.807, 2.05) is 50.6 Å². The molecule has 0 radical (unpaired) electrons. The van der Waals surface area contributed by atoms with Crippen LogP contribution < -0.4 is 5.32 Å². The van der Waals surface area contributed by atoms with Crippen LogP contribution in [0.5, 0.6) is 0 Å². The second kappa shape index (κ2) is 4.91. The Morgan fingerprint density at radius 3 is 2.84 bits per heavy atom. The average Bonchev–Trinajstić information content (AvgIpc) is 2.66. The minimum Gasteiger partial charge on any atom is -0.444 e. The molecule has 0 aliphatic carbocycles. The number of nitrogens with zero attached hydrogens (tertiary/aromatic N) is 2. The molecular weight excluding hydrogens is 242 g/mol. The zero-order valence-corrected chi connectivity index (χ0v) is 11.7. The second-order valence-electron chi connectivity index (χ2n) is 5.53. The van der Waals surface area contributed by atoms with Gasteiger partial charge in [-0.25, -0.2) is 9.78 Å². The zero-order chi connectivity index (χ0) is 14.0. The minimum absolute atomic E-state index is 0.409. The summed E-state index contributed by atoms with van der Waals surface area (Å²) in [4.78, 5) is 15.8. The van der Waals surface area contributed by atoms with Crippen molar-refractivity contribution in [1.29, 1.82) is 0 Å². The van der Waals surface area contributed by atoms with Crippen LogP contribution in [-0.2, 0) is 18.3 Å². The van der Waals surface area contributed by atoms with Gasteiger partial charge in [-0.15, -0.1) is 0 Å². The van der Waals surface area contributed by atoms with E-state index in [9.17, 15) is 4.79 Å². The number of hydrogen-bond donors (Lipinski definition) is 1. The lowest BCUT2D eigenvalue weighted by Crippen LogP contribution is -2.32. The Hall–Kier alpha value is -2.04. The molecule has 0 saturated heterocycles. The highest BCUT2D eigenvalue weighted by Gasteiger charge is 2.15. The summed E-state index contributed by atoms with van der Waals surface area (Å²) < 4.78 is 7.14. The summed E-state index contributed by atoms with van der Waals surface area (Å²) in [6.45, 7) is 5.95. The quantitative estimate of drug-likeness (QED) is 0.904. The third-order valence-electron chi connectivity index (χ3n) is 2.63. The Kier molecular flexibility index (Phi) is 3.46. The van der Waals surface area contributed by atoms with E-state index in [1.165, 1.54) is 0 Å². The van der Waals surface area contributed by atoms with Crippen LogP contribution in [0.4, 0.5) is 4.79 Å². The smallest absolute Gasteiger partial charge is 0.407 e. The van der Waals surface area contributed by atoms with E-state index in [-0.39, 0.29) is 0 Å². The van der Waals surface area contributed by atoms with Crippen LogP contribution in [0.25, 0.3) is 11.0 Å². The number of aromatic nitrogens is 2. The van der Waals surface area contributed by atoms with E-state index >= 15 is 0 Å². The molecule has 2 aromatic rings. The van der Waals surface area contributed by atoms with Crippen LogP contribution in [-0.4, -0.2) is 21.2 Å². The van der Waals surface area contributed by atoms with E-state index in [0.717, 1.165) is 16.6 Å². The number of aryl methyl sites for hydroxylation is 1. The molecule has 0 atom stereocenters. The predicted molar refractivity (Wildman–Crippen MR) is 73.8 cm³/mol. The largest absolute Gasteiger partial charge is 0.444 e. The molecule has 1 N–H and O–H groups in total. The van der Waals surface area contributed by atoms with Gasteiger partial charge in [0.05, 0.1) is 17.4 Å². The Bertz CT molecular complexity index is 596. The Labute approximate surface area is 112 Å². The monoisotopic (exact) mass is 261 g/mol. The molecule has 0 spiro atoms. The first-order valence-electron chi connectivity index (χ1n) is 6.22. The fraction of sp³-hybridized carbons (Fsp3) is 0.429. The highest BCUT2D eigenvalue weighted by molar-refractivity contribution is 5.76. The predicted octanol–water partition coefficient (Wildman–Crippen LogP) is 2.60. The summed E-state index contributed by atoms with van der Waals surface area (Å²) in [6, 6.07) is 5.93. The van der Waals surface area contributed by atoms with Crippen molar-refractivity contribution in [2.75, 3.05) is 0 Å². The van der Waals surface area contributed by atoms with Gasteiger partial charge in [0.25, 0.3) is 0 Å². The maximum absolute atomic E-state index is 11.5. The van der Waals surface area contributed by atoms with E-state index in [0.29, 0.717) is 6.54 Å². The van der Waals surface area contributed by atoms with E-state index in [2.05, 4.69) is 10.3 Å². The highest BCUT2D eigenvalue weighted by Crippen LogP contribution is 2.14. The van der Waals surface area contributed by atoms with Crippen molar-refractivity contribution < 1.29 is 9.53 Å². The van der Waals surface area contributed by atoms with Crippen molar-refractivity contribution in [1.82, 2.24) is 14.9 Å². The molecule has 1 amide bonds. The van der Waals surface area contributed by atoms with Gasteiger partial charge in [0, 0.05) is 13.6 Å². The standard InChI is InChI=1S/C14H19N3O2/c1-14(2,3)19-13(18)15-8-10-5-6-12-11(7-10)16-9-17(12)4/h5-7,9H,8H2,1-4H3,(H,15,18). The molecular formula is C14H19N3O2. The number of benzene rings is 1. The Morgan fingerprint density at radius 1 is 1.42 bits per heavy atom. The van der Waals surface area contributed by atoms with Crippen LogP contribution >= 0.6 is 0 Å².